The molecule has 3 aliphatic rings. The van der Waals surface area contributed by atoms with E-state index in [-0.39, 0.29) is 60.3 Å². The van der Waals surface area contributed by atoms with Gasteiger partial charge in [-0.3, -0.25) is 4.79 Å². The lowest BCUT2D eigenvalue weighted by Gasteiger charge is -2.30. The predicted octanol–water partition coefficient (Wildman–Crippen LogP) is 6.87. The van der Waals surface area contributed by atoms with Crippen molar-refractivity contribution in [2.45, 2.75) is 70.6 Å². The Labute approximate surface area is 250 Å². The van der Waals surface area contributed by atoms with Crippen molar-refractivity contribution in [3.8, 4) is 5.75 Å². The zero-order valence-electron chi connectivity index (χ0n) is 23.7. The van der Waals surface area contributed by atoms with Crippen molar-refractivity contribution in [2.24, 2.45) is 5.92 Å². The third-order valence-corrected chi connectivity index (χ3v) is 7.38. The summed E-state index contributed by atoms with van der Waals surface area (Å²) in [6, 6.07) is 5.18. The van der Waals surface area contributed by atoms with Crippen molar-refractivity contribution in [1.82, 2.24) is 39.6 Å². The second-order valence-electron chi connectivity index (χ2n) is 10.0. The maximum absolute atomic E-state index is 12.6. The zero-order chi connectivity index (χ0) is 24.0. The molecule has 2 saturated heterocycles. The summed E-state index contributed by atoms with van der Waals surface area (Å²) < 4.78 is 0. The lowest BCUT2D eigenvalue weighted by atomic mass is 9.88. The van der Waals surface area contributed by atoms with E-state index in [9.17, 15) is 9.90 Å². The summed E-state index contributed by atoms with van der Waals surface area (Å²) in [6.45, 7) is 3.83. The Balaban J connectivity index is -0.000000563. The highest BCUT2D eigenvalue weighted by Crippen LogP contribution is 2.31. The van der Waals surface area contributed by atoms with Gasteiger partial charge in [-0.05, 0) is 63.5 Å². The number of amides is 1. The van der Waals surface area contributed by atoms with Crippen LogP contribution in [0.3, 0.4) is 0 Å². The average Bonchev–Trinajstić information content (AvgIpc) is 2.91. The van der Waals surface area contributed by atoms with Crippen molar-refractivity contribution in [3.05, 3.63) is 18.2 Å². The van der Waals surface area contributed by atoms with Gasteiger partial charge in [-0.15, -0.1) is 12.4 Å². The Morgan fingerprint density at radius 1 is 0.775 bits per heavy atom. The van der Waals surface area contributed by atoms with Crippen LogP contribution in [0.5, 0.6) is 5.75 Å². The first kappa shape index (κ1) is 37.0. The number of halogens is 1. The summed E-state index contributed by atoms with van der Waals surface area (Å²) in [6.07, 6.45) is 12.3. The molecule has 1 aliphatic carbocycles. The van der Waals surface area contributed by atoms with Gasteiger partial charge in [0.15, 0.2) is 0 Å². The van der Waals surface area contributed by atoms with E-state index in [0.29, 0.717) is 29.2 Å². The van der Waals surface area contributed by atoms with Crippen LogP contribution in [0, 0.1) is 5.92 Å². The normalized spacial score (nSPS) is 17.0. The molecule has 1 saturated carbocycles. The molecule has 5 rings (SSSR count). The van der Waals surface area contributed by atoms with Crippen LogP contribution < -0.4 is 45.0 Å². The zero-order valence-corrected chi connectivity index (χ0v) is 24.6. The largest absolute Gasteiger partial charge is 0.506 e. The molecular formula is C26H58ClN11O2. The minimum atomic E-state index is -0.00415. The summed E-state index contributed by atoms with van der Waals surface area (Å²) in [5.74, 6) is 1.95. The average molecular weight is 592 g/mol. The molecule has 1 aromatic heterocycles. The van der Waals surface area contributed by atoms with E-state index in [4.69, 9.17) is 15.0 Å². The third-order valence-electron chi connectivity index (χ3n) is 7.38. The number of hydrogen-bond acceptors (Lipinski definition) is 12. The molecule has 15 N–H and O–H groups in total. The number of benzene rings is 1. The van der Waals surface area contributed by atoms with Gasteiger partial charge < -0.3 is 50.1 Å². The van der Waals surface area contributed by atoms with Gasteiger partial charge in [0.05, 0.1) is 5.69 Å². The van der Waals surface area contributed by atoms with E-state index in [2.05, 4.69) is 20.4 Å². The molecule has 0 bridgehead atoms. The molecule has 0 atom stereocenters. The maximum atomic E-state index is 12.6. The number of piperidine rings is 2. The summed E-state index contributed by atoms with van der Waals surface area (Å²) >= 11 is 0. The predicted molar refractivity (Wildman–Crippen MR) is 174 cm³/mol. The first-order chi connectivity index (χ1) is 17.2. The molecule has 2 aliphatic heterocycles. The molecule has 0 radical (unpaired) electrons. The molecule has 3 heterocycles. The van der Waals surface area contributed by atoms with E-state index in [0.717, 1.165) is 77.5 Å². The molecule has 236 valence electrons. The van der Waals surface area contributed by atoms with Crippen LogP contribution in [0.4, 0.5) is 29.2 Å². The molecule has 14 heteroatoms. The quantitative estimate of drug-likeness (QED) is 0.170. The lowest BCUT2D eigenvalue weighted by molar-refractivity contribution is -0.120. The first-order valence-corrected chi connectivity index (χ1v) is 13.3. The number of carbonyl (C=O) groups is 1. The fraction of sp³-hybridized carbons (Fsp3) is 0.615. The molecule has 0 spiro atoms. The summed E-state index contributed by atoms with van der Waals surface area (Å²) in [7, 11) is 0. The van der Waals surface area contributed by atoms with Crippen molar-refractivity contribution < 1.29 is 15.6 Å². The Hall–Kier alpha value is -2.97. The smallest absolute Gasteiger partial charge is 0.233 e. The van der Waals surface area contributed by atoms with Gasteiger partial charge in [0.2, 0.25) is 23.8 Å². The van der Waals surface area contributed by atoms with Crippen LogP contribution in [-0.2, 0) is 4.79 Å². The minimum Gasteiger partial charge on any atom is -0.506 e. The van der Waals surface area contributed by atoms with Crippen molar-refractivity contribution in [1.29, 1.82) is 0 Å². The van der Waals surface area contributed by atoms with Crippen molar-refractivity contribution in [2.75, 3.05) is 46.6 Å². The van der Waals surface area contributed by atoms with Gasteiger partial charge >= 0.3 is 0 Å². The van der Waals surface area contributed by atoms with E-state index in [1.165, 1.54) is 19.3 Å². The van der Waals surface area contributed by atoms with Gasteiger partial charge in [0.1, 0.15) is 5.75 Å². The number of phenols is 1. The number of anilines is 5. The fourth-order valence-corrected chi connectivity index (χ4v) is 5.32. The summed E-state index contributed by atoms with van der Waals surface area (Å²) in [4.78, 5) is 31.4. The SMILES string of the molecule is Cl.N.N.N.N.O=C(Nc1ccc(Nc2nc(N3CCCCC3)nc(N3CCCCC3)n2)cc1O)C1CCCCC1.[HH].[HH].[HH].[HH]. The first-order valence-electron chi connectivity index (χ1n) is 13.3. The van der Waals surface area contributed by atoms with Gasteiger partial charge in [-0.2, -0.15) is 15.0 Å². The van der Waals surface area contributed by atoms with Crippen LogP contribution in [0.1, 0.15) is 76.3 Å². The standard InChI is InChI=1S/C26H37N7O2.ClH.4H3N.4H2/c34-22-18-20(12-13-21(22)28-23(35)19-10-4-1-5-11-19)27-24-29-25(32-14-6-2-7-15-32)31-26(30-24)33-16-8-3-9-17-33;;;;;;;;;/h12-13,18-19,34H,1-11,14-17H2,(H,28,35)(H,27,29,30,31);1H;4*1H3;4*1H. The highest BCUT2D eigenvalue weighted by Gasteiger charge is 2.23. The van der Waals surface area contributed by atoms with Crippen LogP contribution in [0.2, 0.25) is 0 Å². The van der Waals surface area contributed by atoms with Crippen LogP contribution in [0.15, 0.2) is 18.2 Å². The molecule has 2 aromatic rings. The Morgan fingerprint density at radius 2 is 1.27 bits per heavy atom. The Morgan fingerprint density at radius 3 is 1.77 bits per heavy atom. The second kappa shape index (κ2) is 17.7. The lowest BCUT2D eigenvalue weighted by Crippen LogP contribution is -2.34. The number of aromatic nitrogens is 3. The highest BCUT2D eigenvalue weighted by molar-refractivity contribution is 5.94. The van der Waals surface area contributed by atoms with Crippen molar-refractivity contribution in [3.63, 3.8) is 0 Å². The fourth-order valence-electron chi connectivity index (χ4n) is 5.32. The van der Waals surface area contributed by atoms with Gasteiger partial charge in [0.25, 0.3) is 0 Å². The molecule has 1 amide bonds. The van der Waals surface area contributed by atoms with Crippen LogP contribution >= 0.6 is 12.4 Å². The third kappa shape index (κ3) is 9.30. The van der Waals surface area contributed by atoms with Crippen LogP contribution in [-0.4, -0.2) is 52.1 Å². The molecule has 3 fully saturated rings. The molecule has 40 heavy (non-hydrogen) atoms. The number of phenolic OH excluding ortho intramolecular Hbond substituents is 1. The van der Waals surface area contributed by atoms with E-state index in [1.54, 1.807) is 12.1 Å². The van der Waals surface area contributed by atoms with Gasteiger partial charge in [0, 0.05) is 49.6 Å². The van der Waals surface area contributed by atoms with Gasteiger partial charge in [-0.25, -0.2) is 0 Å². The topological polar surface area (TPSA) is 247 Å². The second-order valence-corrected chi connectivity index (χ2v) is 10.0. The number of carbonyl (C=O) groups excluding carboxylic acids is 1. The molecular weight excluding hydrogens is 534 g/mol. The number of nitrogens with one attached hydrogen (secondary N) is 2. The van der Waals surface area contributed by atoms with E-state index >= 15 is 0 Å². The summed E-state index contributed by atoms with van der Waals surface area (Å²) in [5, 5.41) is 16.8. The Bertz CT molecular complexity index is 1010. The van der Waals surface area contributed by atoms with E-state index in [1.807, 2.05) is 6.07 Å². The maximum Gasteiger partial charge on any atom is 0.233 e. The Kier molecular flexibility index (Phi) is 16.4. The molecule has 1 aromatic carbocycles. The van der Waals surface area contributed by atoms with Gasteiger partial charge in [-0.1, -0.05) is 19.3 Å². The minimum absolute atomic E-state index is 0. The molecule has 0 unspecified atom stereocenters. The number of hydrogen-bond donors (Lipinski definition) is 7. The highest BCUT2D eigenvalue weighted by atomic mass is 35.5. The van der Waals surface area contributed by atoms with E-state index < -0.39 is 0 Å². The molecule has 13 nitrogen and oxygen atoms in total. The van der Waals surface area contributed by atoms with Crippen molar-refractivity contribution >= 4 is 47.5 Å². The summed E-state index contributed by atoms with van der Waals surface area (Å²) in [5.41, 5.74) is 1.10. The number of aromatic hydroxyl groups is 1. The number of nitrogens with zero attached hydrogens (tertiary/aromatic N) is 5. The number of rotatable bonds is 6. The monoisotopic (exact) mass is 591 g/mol. The van der Waals surface area contributed by atoms with Crippen LogP contribution in [0.25, 0.3) is 0 Å².